The molecule has 0 unspecified atom stereocenters. The zero-order valence-corrected chi connectivity index (χ0v) is 31.9. The number of thiazole rings is 1. The Labute approximate surface area is 307 Å². The van der Waals surface area contributed by atoms with Crippen LogP contribution in [0.3, 0.4) is 0 Å². The quantitative estimate of drug-likeness (QED) is 0.201. The maximum atomic E-state index is 14.2. The van der Waals surface area contributed by atoms with E-state index < -0.39 is 42.0 Å². The van der Waals surface area contributed by atoms with Crippen LogP contribution in [0, 0.1) is 17.8 Å². The van der Waals surface area contributed by atoms with E-state index >= 15 is 0 Å². The van der Waals surface area contributed by atoms with Crippen molar-refractivity contribution >= 4 is 52.8 Å². The second kappa shape index (κ2) is 18.7. The molecular formula is C35H51N7O7S2. The fourth-order valence-electron chi connectivity index (χ4n) is 6.54. The molecule has 6 atom stereocenters. The number of nitrogens with zero attached hydrogens (tertiary/aromatic N) is 5. The number of likely N-dealkylation sites (N-methyl/N-ethyl adjacent to an activating group) is 2. The largest absolute Gasteiger partial charge is 0.481 e. The number of ether oxygens (including phenoxy) is 1. The van der Waals surface area contributed by atoms with Crippen LogP contribution >= 0.6 is 23.1 Å². The number of likely N-dealkylation sites (tertiary alicyclic amines) is 1. The van der Waals surface area contributed by atoms with Crippen LogP contribution in [0.1, 0.15) is 87.2 Å². The summed E-state index contributed by atoms with van der Waals surface area (Å²) in [6.45, 7) is 7.68. The van der Waals surface area contributed by atoms with Crippen molar-refractivity contribution in [1.82, 2.24) is 35.4 Å². The fraction of sp³-hybridized carbons (Fsp3) is 0.657. The standard InChI is InChI=1S/C35H51N7O7S2/c1-20(2)27(42(6)34(46)30(23-17-50-18-23)40-32(45)26-10-7-8-13-41(26)5)16-28(49-22(4)43)33-39-25(19-51-33)31(44)38-24(14-21(3)35(47)48)15-29-36-11-9-12-37-29/h9,11-12,19-21,23-24,26-28,30H,7-8,10,13-18H2,1-6H3,(H,38,44)(H,40,45)(H,47,48)/t21-,24+,26+,27+,28+,30-/m0/s1. The van der Waals surface area contributed by atoms with Gasteiger partial charge >= 0.3 is 11.9 Å². The molecule has 0 radical (unpaired) electrons. The van der Waals surface area contributed by atoms with Crippen LogP contribution in [0.5, 0.6) is 0 Å². The SMILES string of the molecule is CC(=O)O[C@H](C[C@H](C(C)C)N(C)C(=O)[C@@H](NC(=O)[C@H]1CCCCN1C)C1CSC1)c1nc(C(=O)N[C@@H](Cc2ncccn2)C[C@H](C)C(=O)O)cs1. The first-order chi connectivity index (χ1) is 24.2. The lowest BCUT2D eigenvalue weighted by Gasteiger charge is -2.40. The Morgan fingerprint density at radius 2 is 1.78 bits per heavy atom. The monoisotopic (exact) mass is 745 g/mol. The summed E-state index contributed by atoms with van der Waals surface area (Å²) in [5.74, 6) is -1.05. The van der Waals surface area contributed by atoms with Gasteiger partial charge in [0.25, 0.3) is 5.91 Å². The Hall–Kier alpha value is -3.63. The van der Waals surface area contributed by atoms with Gasteiger partial charge in [-0.1, -0.05) is 27.2 Å². The molecule has 0 aromatic carbocycles. The molecule has 2 aliphatic rings. The molecule has 51 heavy (non-hydrogen) atoms. The van der Waals surface area contributed by atoms with Gasteiger partial charge in [0.05, 0.1) is 12.0 Å². The number of amides is 3. The normalized spacial score (nSPS) is 19.5. The molecule has 280 valence electrons. The molecule has 3 N–H and O–H groups in total. The van der Waals surface area contributed by atoms with Gasteiger partial charge < -0.3 is 25.4 Å². The fourth-order valence-corrected chi connectivity index (χ4v) is 8.27. The molecule has 2 aromatic heterocycles. The minimum Gasteiger partial charge on any atom is -0.481 e. The lowest BCUT2D eigenvalue weighted by atomic mass is 9.93. The van der Waals surface area contributed by atoms with E-state index in [4.69, 9.17) is 4.74 Å². The average Bonchev–Trinajstić information content (AvgIpc) is 3.56. The number of aliphatic carboxylic acids is 1. The first kappa shape index (κ1) is 40.1. The number of esters is 1. The van der Waals surface area contributed by atoms with Crippen molar-refractivity contribution < 1.29 is 33.8 Å². The predicted octanol–water partition coefficient (Wildman–Crippen LogP) is 3.19. The zero-order chi connectivity index (χ0) is 37.2. The van der Waals surface area contributed by atoms with Crippen molar-refractivity contribution in [1.29, 1.82) is 0 Å². The van der Waals surface area contributed by atoms with Gasteiger partial charge in [-0.15, -0.1) is 11.3 Å². The van der Waals surface area contributed by atoms with Crippen molar-refractivity contribution in [2.24, 2.45) is 17.8 Å². The molecule has 0 bridgehead atoms. The summed E-state index contributed by atoms with van der Waals surface area (Å²) in [6, 6.07) is -0.224. The van der Waals surface area contributed by atoms with Gasteiger partial charge in [-0.3, -0.25) is 28.9 Å². The van der Waals surface area contributed by atoms with Crippen molar-refractivity contribution in [2.45, 2.75) is 96.5 Å². The second-order valence-electron chi connectivity index (χ2n) is 14.0. The lowest BCUT2D eigenvalue weighted by Crippen LogP contribution is -2.60. The Morgan fingerprint density at radius 3 is 2.37 bits per heavy atom. The molecule has 0 aliphatic carbocycles. The lowest BCUT2D eigenvalue weighted by molar-refractivity contribution is -0.149. The first-order valence-electron chi connectivity index (χ1n) is 17.5. The van der Waals surface area contributed by atoms with Crippen LogP contribution in [0.15, 0.2) is 23.8 Å². The molecule has 14 nitrogen and oxygen atoms in total. The van der Waals surface area contributed by atoms with Crippen LogP contribution in [-0.2, 0) is 30.3 Å². The average molecular weight is 746 g/mol. The summed E-state index contributed by atoms with van der Waals surface area (Å²) in [7, 11) is 3.67. The summed E-state index contributed by atoms with van der Waals surface area (Å²) in [5.41, 5.74) is 0.0950. The molecule has 0 saturated carbocycles. The van der Waals surface area contributed by atoms with Crippen molar-refractivity contribution in [3.05, 3.63) is 40.4 Å². The Kier molecular flexibility index (Phi) is 14.8. The smallest absolute Gasteiger partial charge is 0.306 e. The number of piperidine rings is 1. The van der Waals surface area contributed by atoms with E-state index in [9.17, 15) is 29.1 Å². The van der Waals surface area contributed by atoms with Crippen molar-refractivity contribution in [3.8, 4) is 0 Å². The number of carboxylic acids is 1. The van der Waals surface area contributed by atoms with Gasteiger partial charge in [0.2, 0.25) is 11.8 Å². The summed E-state index contributed by atoms with van der Waals surface area (Å²) in [6.07, 6.45) is 5.70. The second-order valence-corrected chi connectivity index (χ2v) is 15.9. The van der Waals surface area contributed by atoms with Gasteiger partial charge in [0.15, 0.2) is 6.10 Å². The third-order valence-corrected chi connectivity index (χ3v) is 11.9. The van der Waals surface area contributed by atoms with Gasteiger partial charge in [-0.25, -0.2) is 15.0 Å². The maximum Gasteiger partial charge on any atom is 0.306 e. The zero-order valence-electron chi connectivity index (χ0n) is 30.2. The number of carboxylic acid groups (broad SMARTS) is 1. The summed E-state index contributed by atoms with van der Waals surface area (Å²) in [5, 5.41) is 17.5. The summed E-state index contributed by atoms with van der Waals surface area (Å²) >= 11 is 2.91. The van der Waals surface area contributed by atoms with Gasteiger partial charge in [0, 0.05) is 62.6 Å². The van der Waals surface area contributed by atoms with Crippen LogP contribution in [0.25, 0.3) is 0 Å². The molecule has 4 heterocycles. The van der Waals surface area contributed by atoms with E-state index in [0.717, 1.165) is 48.6 Å². The van der Waals surface area contributed by atoms with Gasteiger partial charge in [0.1, 0.15) is 22.6 Å². The number of carbonyl (C=O) groups excluding carboxylic acids is 4. The van der Waals surface area contributed by atoms with Gasteiger partial charge in [-0.2, -0.15) is 11.8 Å². The highest BCUT2D eigenvalue weighted by molar-refractivity contribution is 8.00. The highest BCUT2D eigenvalue weighted by Crippen LogP contribution is 2.33. The van der Waals surface area contributed by atoms with Crippen molar-refractivity contribution in [3.63, 3.8) is 0 Å². The van der Waals surface area contributed by atoms with Crippen LogP contribution in [0.4, 0.5) is 0 Å². The maximum absolute atomic E-state index is 14.2. The number of thioether (sulfide) groups is 1. The third kappa shape index (κ3) is 11.2. The minimum atomic E-state index is -0.983. The Bertz CT molecular complexity index is 1510. The van der Waals surface area contributed by atoms with E-state index in [1.165, 1.54) is 6.92 Å². The molecule has 0 spiro atoms. The highest BCUT2D eigenvalue weighted by atomic mass is 32.2. The molecule has 2 saturated heterocycles. The van der Waals surface area contributed by atoms with Gasteiger partial charge in [-0.05, 0) is 56.3 Å². The Balaban J connectivity index is 1.50. The van der Waals surface area contributed by atoms with Crippen LogP contribution < -0.4 is 10.6 Å². The molecule has 4 rings (SSSR count). The van der Waals surface area contributed by atoms with E-state index in [2.05, 4.69) is 30.5 Å². The molecule has 3 amide bonds. The topological polar surface area (TPSA) is 184 Å². The molecule has 2 aromatic rings. The molecule has 2 aliphatic heterocycles. The van der Waals surface area contributed by atoms with E-state index in [-0.39, 0.29) is 60.7 Å². The first-order valence-corrected chi connectivity index (χ1v) is 19.6. The number of hydrogen-bond acceptors (Lipinski definition) is 12. The van der Waals surface area contributed by atoms with E-state index in [0.29, 0.717) is 10.8 Å². The number of rotatable bonds is 17. The van der Waals surface area contributed by atoms with Crippen LogP contribution in [0.2, 0.25) is 0 Å². The van der Waals surface area contributed by atoms with Crippen LogP contribution in [-0.4, -0.2) is 116 Å². The summed E-state index contributed by atoms with van der Waals surface area (Å²) in [4.78, 5) is 81.7. The van der Waals surface area contributed by atoms with Crippen molar-refractivity contribution in [2.75, 3.05) is 32.1 Å². The van der Waals surface area contributed by atoms with E-state index in [1.807, 2.05) is 20.9 Å². The molecular weight excluding hydrogens is 695 g/mol. The molecule has 16 heteroatoms. The number of hydrogen-bond donors (Lipinski definition) is 3. The van der Waals surface area contributed by atoms with E-state index in [1.54, 1.807) is 54.5 Å². The highest BCUT2D eigenvalue weighted by Gasteiger charge is 2.41. The summed E-state index contributed by atoms with van der Waals surface area (Å²) < 4.78 is 5.75. The predicted molar refractivity (Wildman–Crippen MR) is 194 cm³/mol. The Morgan fingerprint density at radius 1 is 1.08 bits per heavy atom. The molecule has 2 fully saturated rings. The minimum absolute atomic E-state index is 0.0238. The number of aromatic nitrogens is 3. The number of nitrogens with one attached hydrogen (secondary N) is 2. The third-order valence-electron chi connectivity index (χ3n) is 9.62. The number of carbonyl (C=O) groups is 5.